The summed E-state index contributed by atoms with van der Waals surface area (Å²) in [5.74, 6) is -0.854. The van der Waals surface area contributed by atoms with Gasteiger partial charge in [-0.3, -0.25) is 4.79 Å². The molecule has 0 atom stereocenters. The van der Waals surface area contributed by atoms with Crippen LogP contribution in [-0.2, 0) is 5.75 Å². The summed E-state index contributed by atoms with van der Waals surface area (Å²) in [6.45, 7) is 4.04. The van der Waals surface area contributed by atoms with E-state index >= 15 is 0 Å². The molecule has 0 bridgehead atoms. The van der Waals surface area contributed by atoms with Gasteiger partial charge in [0.05, 0.1) is 11.3 Å². The molecule has 0 N–H and O–H groups in total. The Labute approximate surface area is 127 Å². The van der Waals surface area contributed by atoms with Gasteiger partial charge in [0, 0.05) is 5.75 Å². The average Bonchev–Trinajstić information content (AvgIpc) is 2.40. The molecule has 0 spiro atoms. The quantitative estimate of drug-likeness (QED) is 0.745. The van der Waals surface area contributed by atoms with Gasteiger partial charge in [0.2, 0.25) is 0 Å². The topological polar surface area (TPSA) is 17.1 Å². The molecule has 0 amide bonds. The summed E-state index contributed by atoms with van der Waals surface area (Å²) in [6, 6.07) is 9.16. The average molecular weight is 306 g/mol. The second-order valence-corrected chi connectivity index (χ2v) is 6.02. The molecule has 0 saturated heterocycles. The predicted octanol–water partition coefficient (Wildman–Crippen LogP) is 4.70. The highest BCUT2D eigenvalue weighted by atomic mass is 32.2. The molecule has 0 aliphatic rings. The van der Waals surface area contributed by atoms with Crippen molar-refractivity contribution < 1.29 is 13.6 Å². The van der Waals surface area contributed by atoms with E-state index in [2.05, 4.69) is 18.2 Å². The van der Waals surface area contributed by atoms with E-state index in [0.717, 1.165) is 23.8 Å². The first kappa shape index (κ1) is 15.7. The van der Waals surface area contributed by atoms with Crippen LogP contribution in [0.3, 0.4) is 0 Å². The van der Waals surface area contributed by atoms with Gasteiger partial charge in [-0.1, -0.05) is 29.3 Å². The van der Waals surface area contributed by atoms with E-state index in [4.69, 9.17) is 0 Å². The minimum absolute atomic E-state index is 0.132. The summed E-state index contributed by atoms with van der Waals surface area (Å²) in [7, 11) is 0. The maximum Gasteiger partial charge on any atom is 0.175 e. The number of rotatable bonds is 5. The minimum atomic E-state index is -0.673. The number of aryl methyl sites for hydroxylation is 2. The molecule has 2 rings (SSSR count). The molecule has 1 nitrogen and oxygen atoms in total. The van der Waals surface area contributed by atoms with Crippen molar-refractivity contribution in [2.75, 3.05) is 5.75 Å². The molecule has 4 heteroatoms. The molecule has 110 valence electrons. The predicted molar refractivity (Wildman–Crippen MR) is 82.8 cm³/mol. The van der Waals surface area contributed by atoms with Crippen LogP contribution >= 0.6 is 11.8 Å². The molecule has 0 aromatic heterocycles. The Balaban J connectivity index is 1.96. The van der Waals surface area contributed by atoms with E-state index in [0.29, 0.717) is 5.75 Å². The third kappa shape index (κ3) is 4.39. The zero-order valence-electron chi connectivity index (χ0n) is 12.0. The maximum absolute atomic E-state index is 13.5. The summed E-state index contributed by atoms with van der Waals surface area (Å²) < 4.78 is 26.5. The van der Waals surface area contributed by atoms with Crippen LogP contribution in [0.15, 0.2) is 36.4 Å². The second kappa shape index (κ2) is 6.85. The van der Waals surface area contributed by atoms with E-state index in [-0.39, 0.29) is 17.1 Å². The van der Waals surface area contributed by atoms with Crippen molar-refractivity contribution in [1.82, 2.24) is 0 Å². The number of benzene rings is 2. The Bertz CT molecular complexity index is 648. The summed E-state index contributed by atoms with van der Waals surface area (Å²) in [4.78, 5) is 11.9. The van der Waals surface area contributed by atoms with Crippen molar-refractivity contribution in [1.29, 1.82) is 0 Å². The fourth-order valence-electron chi connectivity index (χ4n) is 2.20. The molecule has 2 aromatic carbocycles. The minimum Gasteiger partial charge on any atom is -0.293 e. The molecule has 0 aliphatic heterocycles. The van der Waals surface area contributed by atoms with Gasteiger partial charge in [0.25, 0.3) is 0 Å². The Morgan fingerprint density at radius 3 is 2.38 bits per heavy atom. The van der Waals surface area contributed by atoms with Crippen molar-refractivity contribution in [3.63, 3.8) is 0 Å². The first-order valence-corrected chi connectivity index (χ1v) is 7.74. The number of thioether (sulfide) groups is 1. The normalized spacial score (nSPS) is 10.7. The highest BCUT2D eigenvalue weighted by Crippen LogP contribution is 2.18. The number of hydrogen-bond acceptors (Lipinski definition) is 2. The number of ketones is 1. The Morgan fingerprint density at radius 1 is 1.05 bits per heavy atom. The monoisotopic (exact) mass is 306 g/mol. The maximum atomic E-state index is 13.5. The van der Waals surface area contributed by atoms with Crippen molar-refractivity contribution in [2.45, 2.75) is 19.6 Å². The summed E-state index contributed by atoms with van der Waals surface area (Å²) in [6.07, 6.45) is 0. The number of halogens is 2. The first-order valence-electron chi connectivity index (χ1n) is 6.59. The van der Waals surface area contributed by atoms with E-state index < -0.39 is 11.6 Å². The Morgan fingerprint density at radius 2 is 1.71 bits per heavy atom. The van der Waals surface area contributed by atoms with Crippen molar-refractivity contribution in [2.24, 2.45) is 0 Å². The van der Waals surface area contributed by atoms with Crippen LogP contribution in [0.5, 0.6) is 0 Å². The van der Waals surface area contributed by atoms with E-state index in [1.54, 1.807) is 0 Å². The Kier molecular flexibility index (Phi) is 5.12. The first-order chi connectivity index (χ1) is 9.95. The van der Waals surface area contributed by atoms with Crippen molar-refractivity contribution in [3.05, 3.63) is 70.3 Å². The molecular weight excluding hydrogens is 290 g/mol. The van der Waals surface area contributed by atoms with Crippen LogP contribution in [0, 0.1) is 25.5 Å². The standard InChI is InChI=1S/C17H16F2OS/c1-11-5-12(2)7-13(6-11)9-21-10-17(20)15-8-14(18)3-4-16(15)19/h3-8H,9-10H2,1-2H3. The van der Waals surface area contributed by atoms with Gasteiger partial charge < -0.3 is 0 Å². The van der Waals surface area contributed by atoms with Crippen LogP contribution in [0.1, 0.15) is 27.0 Å². The van der Waals surface area contributed by atoms with Crippen LogP contribution in [-0.4, -0.2) is 11.5 Å². The zero-order valence-corrected chi connectivity index (χ0v) is 12.8. The highest BCUT2D eigenvalue weighted by Gasteiger charge is 2.12. The molecule has 0 radical (unpaired) electrons. The lowest BCUT2D eigenvalue weighted by Gasteiger charge is -2.06. The smallest absolute Gasteiger partial charge is 0.175 e. The van der Waals surface area contributed by atoms with E-state index in [1.807, 2.05) is 13.8 Å². The molecule has 0 fully saturated rings. The third-order valence-electron chi connectivity index (χ3n) is 3.01. The fraction of sp³-hybridized carbons (Fsp3) is 0.235. The number of hydrogen-bond donors (Lipinski definition) is 0. The van der Waals surface area contributed by atoms with Gasteiger partial charge >= 0.3 is 0 Å². The Hall–Kier alpha value is -1.68. The fourth-order valence-corrected chi connectivity index (χ4v) is 3.05. The molecule has 0 heterocycles. The van der Waals surface area contributed by atoms with Crippen LogP contribution in [0.4, 0.5) is 8.78 Å². The van der Waals surface area contributed by atoms with Gasteiger partial charge in [-0.15, -0.1) is 11.8 Å². The SMILES string of the molecule is Cc1cc(C)cc(CSCC(=O)c2cc(F)ccc2F)c1. The molecule has 0 saturated carbocycles. The lowest BCUT2D eigenvalue weighted by Crippen LogP contribution is -2.06. The van der Waals surface area contributed by atoms with Gasteiger partial charge in [-0.05, 0) is 37.6 Å². The van der Waals surface area contributed by atoms with Crippen molar-refractivity contribution >= 4 is 17.5 Å². The van der Waals surface area contributed by atoms with Crippen LogP contribution in [0.25, 0.3) is 0 Å². The van der Waals surface area contributed by atoms with Crippen molar-refractivity contribution in [3.8, 4) is 0 Å². The number of Topliss-reactive ketones (excluding diaryl/α,β-unsaturated/α-hetero) is 1. The molecule has 0 aliphatic carbocycles. The van der Waals surface area contributed by atoms with Crippen LogP contribution < -0.4 is 0 Å². The molecule has 2 aromatic rings. The molecular formula is C17H16F2OS. The third-order valence-corrected chi connectivity index (χ3v) is 4.02. The van der Waals surface area contributed by atoms with Gasteiger partial charge in [-0.25, -0.2) is 8.78 Å². The van der Waals surface area contributed by atoms with Gasteiger partial charge in [-0.2, -0.15) is 0 Å². The highest BCUT2D eigenvalue weighted by molar-refractivity contribution is 7.99. The lowest BCUT2D eigenvalue weighted by molar-refractivity contribution is 0.101. The number of carbonyl (C=O) groups excluding carboxylic acids is 1. The largest absolute Gasteiger partial charge is 0.293 e. The zero-order chi connectivity index (χ0) is 15.4. The van der Waals surface area contributed by atoms with Gasteiger partial charge in [0.15, 0.2) is 5.78 Å². The summed E-state index contributed by atoms with van der Waals surface area (Å²) in [5.41, 5.74) is 3.30. The lowest BCUT2D eigenvalue weighted by atomic mass is 10.1. The summed E-state index contributed by atoms with van der Waals surface area (Å²) in [5, 5.41) is 0. The summed E-state index contributed by atoms with van der Waals surface area (Å²) >= 11 is 1.40. The molecule has 0 unspecified atom stereocenters. The molecule has 21 heavy (non-hydrogen) atoms. The second-order valence-electron chi connectivity index (χ2n) is 5.04. The van der Waals surface area contributed by atoms with Crippen LogP contribution in [0.2, 0.25) is 0 Å². The van der Waals surface area contributed by atoms with Gasteiger partial charge in [0.1, 0.15) is 11.6 Å². The van der Waals surface area contributed by atoms with E-state index in [9.17, 15) is 13.6 Å². The number of carbonyl (C=O) groups is 1. The van der Waals surface area contributed by atoms with E-state index in [1.165, 1.54) is 22.9 Å².